The van der Waals surface area contributed by atoms with Crippen molar-refractivity contribution in [2.45, 2.75) is 322 Å². The molecule has 0 fully saturated rings. The van der Waals surface area contributed by atoms with Crippen LogP contribution in [-0.4, -0.2) is 37.2 Å². The number of allylic oxidation sites excluding steroid dienone is 14. The van der Waals surface area contributed by atoms with Gasteiger partial charge in [-0.1, -0.05) is 292 Å². The summed E-state index contributed by atoms with van der Waals surface area (Å²) in [6.45, 7) is 6.42. The minimum atomic E-state index is -0.782. The number of rotatable bonds is 58. The third-order valence-corrected chi connectivity index (χ3v) is 13.9. The molecule has 0 aromatic heterocycles. The molecule has 1 atom stereocenters. The quantitative estimate of drug-likeness (QED) is 0.0261. The van der Waals surface area contributed by atoms with Gasteiger partial charge in [0.15, 0.2) is 6.10 Å². The first-order valence-corrected chi connectivity index (χ1v) is 32.1. The van der Waals surface area contributed by atoms with Gasteiger partial charge in [0.1, 0.15) is 13.2 Å². The van der Waals surface area contributed by atoms with Gasteiger partial charge < -0.3 is 14.2 Å². The van der Waals surface area contributed by atoms with Gasteiger partial charge in [0.2, 0.25) is 0 Å². The van der Waals surface area contributed by atoms with Gasteiger partial charge in [0, 0.05) is 19.3 Å². The third kappa shape index (κ3) is 61.3. The highest BCUT2D eigenvalue weighted by Crippen LogP contribution is 2.17. The maximum absolute atomic E-state index is 12.9. The summed E-state index contributed by atoms with van der Waals surface area (Å²) in [6.07, 6.45) is 83.2. The van der Waals surface area contributed by atoms with Crippen LogP contribution >= 0.6 is 0 Å². The lowest BCUT2D eigenvalue weighted by Crippen LogP contribution is -2.30. The van der Waals surface area contributed by atoms with Gasteiger partial charge in [-0.05, 0) is 89.9 Å². The Morgan fingerprint density at radius 3 is 0.813 bits per heavy atom. The summed E-state index contributed by atoms with van der Waals surface area (Å²) in [6, 6.07) is 0. The molecular weight excluding hydrogens is 925 g/mol. The highest BCUT2D eigenvalue weighted by molar-refractivity contribution is 5.71. The van der Waals surface area contributed by atoms with Gasteiger partial charge in [-0.2, -0.15) is 0 Å². The molecule has 0 spiro atoms. The SMILES string of the molecule is CC/C=C\C/C=C\C/C=C\C/C=C\CCCCCCCCCCCCCCCCCCCCC(=O)OCC(COC(=O)CCCCCCCCCCCCC)OC(=O)CCCCCCC/C=C\C/C=C\C/C=C\CC. The lowest BCUT2D eigenvalue weighted by atomic mass is 10.0. The minimum Gasteiger partial charge on any atom is -0.462 e. The molecule has 0 bridgehead atoms. The van der Waals surface area contributed by atoms with E-state index < -0.39 is 6.10 Å². The summed E-state index contributed by atoms with van der Waals surface area (Å²) in [5.74, 6) is -0.884. The molecule has 0 saturated heterocycles. The van der Waals surface area contributed by atoms with Gasteiger partial charge >= 0.3 is 17.9 Å². The second kappa shape index (κ2) is 63.1. The summed E-state index contributed by atoms with van der Waals surface area (Å²) in [5.41, 5.74) is 0. The molecule has 0 aliphatic carbocycles. The van der Waals surface area contributed by atoms with Crippen LogP contribution in [0, 0.1) is 0 Å². The Morgan fingerprint density at radius 1 is 0.280 bits per heavy atom. The number of carbonyl (C=O) groups is 3. The van der Waals surface area contributed by atoms with Crippen LogP contribution in [0.25, 0.3) is 0 Å². The molecule has 0 saturated carbocycles. The zero-order chi connectivity index (χ0) is 54.3. The van der Waals surface area contributed by atoms with Gasteiger partial charge in [-0.25, -0.2) is 0 Å². The Labute approximate surface area is 465 Å². The molecule has 6 nitrogen and oxygen atoms in total. The van der Waals surface area contributed by atoms with E-state index in [2.05, 4.69) is 106 Å². The maximum Gasteiger partial charge on any atom is 0.306 e. The smallest absolute Gasteiger partial charge is 0.306 e. The maximum atomic E-state index is 12.9. The average Bonchev–Trinajstić information content (AvgIpc) is 3.41. The molecule has 6 heteroatoms. The molecule has 0 aromatic carbocycles. The first kappa shape index (κ1) is 71.6. The summed E-state index contributed by atoms with van der Waals surface area (Å²) in [4.78, 5) is 38.2. The van der Waals surface area contributed by atoms with E-state index in [1.165, 1.54) is 154 Å². The van der Waals surface area contributed by atoms with Crippen LogP contribution in [0.2, 0.25) is 0 Å². The molecule has 0 radical (unpaired) electrons. The molecule has 1 unspecified atom stereocenters. The Balaban J connectivity index is 4.13. The number of hydrogen-bond donors (Lipinski definition) is 0. The van der Waals surface area contributed by atoms with Gasteiger partial charge in [0.25, 0.3) is 0 Å². The Bertz CT molecular complexity index is 1430. The molecule has 0 aromatic rings. The van der Waals surface area contributed by atoms with Crippen LogP contribution in [0.4, 0.5) is 0 Å². The highest BCUT2D eigenvalue weighted by atomic mass is 16.6. The number of hydrogen-bond acceptors (Lipinski definition) is 6. The molecule has 0 aliphatic rings. The van der Waals surface area contributed by atoms with Crippen molar-refractivity contribution in [1.29, 1.82) is 0 Å². The molecular formula is C69H120O6. The molecule has 0 heterocycles. The zero-order valence-electron chi connectivity index (χ0n) is 49.6. The van der Waals surface area contributed by atoms with Crippen molar-refractivity contribution in [3.8, 4) is 0 Å². The van der Waals surface area contributed by atoms with Crippen LogP contribution < -0.4 is 0 Å². The monoisotopic (exact) mass is 1040 g/mol. The second-order valence-electron chi connectivity index (χ2n) is 21.3. The number of esters is 3. The van der Waals surface area contributed by atoms with Gasteiger partial charge in [-0.3, -0.25) is 14.4 Å². The van der Waals surface area contributed by atoms with E-state index >= 15 is 0 Å². The second-order valence-corrected chi connectivity index (χ2v) is 21.3. The van der Waals surface area contributed by atoms with E-state index in [4.69, 9.17) is 14.2 Å². The van der Waals surface area contributed by atoms with Crippen LogP contribution in [0.3, 0.4) is 0 Å². The summed E-state index contributed by atoms with van der Waals surface area (Å²) < 4.78 is 16.9. The predicted octanol–water partition coefficient (Wildman–Crippen LogP) is 21.9. The fraction of sp³-hybridized carbons (Fsp3) is 0.754. The van der Waals surface area contributed by atoms with Crippen LogP contribution in [0.5, 0.6) is 0 Å². The van der Waals surface area contributed by atoms with Crippen LogP contribution in [0.1, 0.15) is 316 Å². The number of ether oxygens (including phenoxy) is 3. The molecule has 432 valence electrons. The molecule has 0 aliphatic heterocycles. The zero-order valence-corrected chi connectivity index (χ0v) is 49.6. The Hall–Kier alpha value is -3.41. The van der Waals surface area contributed by atoms with Crippen molar-refractivity contribution in [2.75, 3.05) is 13.2 Å². The van der Waals surface area contributed by atoms with Crippen molar-refractivity contribution < 1.29 is 28.6 Å². The fourth-order valence-corrected chi connectivity index (χ4v) is 9.16. The Morgan fingerprint density at radius 2 is 0.520 bits per heavy atom. The summed E-state index contributed by atoms with van der Waals surface area (Å²) >= 11 is 0. The third-order valence-electron chi connectivity index (χ3n) is 13.9. The highest BCUT2D eigenvalue weighted by Gasteiger charge is 2.19. The number of unbranched alkanes of at least 4 members (excludes halogenated alkanes) is 33. The molecule has 0 amide bonds. The standard InChI is InChI=1S/C69H120O6/c1-4-7-10-13-16-19-22-24-26-27-28-29-30-31-32-33-34-35-36-37-38-39-40-41-43-44-47-50-53-56-59-62-68(71)74-65-66(64-73-67(70)61-58-55-52-49-46-21-18-15-12-9-6-3)75-69(72)63-60-57-54-51-48-45-42-25-23-20-17-14-11-8-5-2/h7-8,10-11,16-17,19-20,24-26,28-29,42,66H,4-6,9,12-15,18,21-23,27,30-41,43-65H2,1-3H3/b10-7-,11-8-,19-16-,20-17-,26-24-,29-28-,42-25-. The van der Waals surface area contributed by atoms with Crippen molar-refractivity contribution in [3.05, 3.63) is 85.1 Å². The van der Waals surface area contributed by atoms with Crippen molar-refractivity contribution in [2.24, 2.45) is 0 Å². The van der Waals surface area contributed by atoms with E-state index in [9.17, 15) is 14.4 Å². The molecule has 0 rings (SSSR count). The lowest BCUT2D eigenvalue weighted by molar-refractivity contribution is -0.167. The molecule has 75 heavy (non-hydrogen) atoms. The Kier molecular flexibility index (Phi) is 60.3. The predicted molar refractivity (Wildman–Crippen MR) is 325 cm³/mol. The average molecular weight is 1050 g/mol. The first-order valence-electron chi connectivity index (χ1n) is 32.1. The van der Waals surface area contributed by atoms with Crippen LogP contribution in [0.15, 0.2) is 85.1 Å². The van der Waals surface area contributed by atoms with Crippen LogP contribution in [-0.2, 0) is 28.6 Å². The molecule has 0 N–H and O–H groups in total. The van der Waals surface area contributed by atoms with E-state index in [1.807, 2.05) is 0 Å². The number of carbonyl (C=O) groups excluding carboxylic acids is 3. The largest absolute Gasteiger partial charge is 0.462 e. The van der Waals surface area contributed by atoms with E-state index in [0.717, 1.165) is 122 Å². The minimum absolute atomic E-state index is 0.0790. The summed E-state index contributed by atoms with van der Waals surface area (Å²) in [7, 11) is 0. The lowest BCUT2D eigenvalue weighted by Gasteiger charge is -2.18. The van der Waals surface area contributed by atoms with E-state index in [0.29, 0.717) is 19.3 Å². The van der Waals surface area contributed by atoms with Crippen molar-refractivity contribution >= 4 is 17.9 Å². The summed E-state index contributed by atoms with van der Waals surface area (Å²) in [5, 5.41) is 0. The van der Waals surface area contributed by atoms with Gasteiger partial charge in [-0.15, -0.1) is 0 Å². The van der Waals surface area contributed by atoms with E-state index in [1.54, 1.807) is 0 Å². The van der Waals surface area contributed by atoms with Crippen molar-refractivity contribution in [3.63, 3.8) is 0 Å². The van der Waals surface area contributed by atoms with Gasteiger partial charge in [0.05, 0.1) is 0 Å². The van der Waals surface area contributed by atoms with Crippen molar-refractivity contribution in [1.82, 2.24) is 0 Å². The fourth-order valence-electron chi connectivity index (χ4n) is 9.16. The first-order chi connectivity index (χ1) is 37.0. The topological polar surface area (TPSA) is 78.9 Å². The van der Waals surface area contributed by atoms with E-state index in [-0.39, 0.29) is 31.1 Å². The normalized spacial score (nSPS) is 12.6.